The Morgan fingerprint density at radius 2 is 1.88 bits per heavy atom. The predicted molar refractivity (Wildman–Crippen MR) is 74.0 cm³/mol. The van der Waals surface area contributed by atoms with Crippen molar-refractivity contribution in [3.63, 3.8) is 0 Å². The first kappa shape index (κ1) is 11.2. The van der Waals surface area contributed by atoms with E-state index in [1.165, 1.54) is 14.7 Å². The van der Waals surface area contributed by atoms with Crippen molar-refractivity contribution in [3.8, 4) is 17.2 Å². The number of hydrogen-bond acceptors (Lipinski definition) is 1. The number of halogens is 1. The Morgan fingerprint density at radius 1 is 1.12 bits per heavy atom. The van der Waals surface area contributed by atoms with E-state index < -0.39 is 0 Å². The van der Waals surface area contributed by atoms with Crippen molar-refractivity contribution in [1.82, 2.24) is 0 Å². The Kier molecular flexibility index (Phi) is 3.25. The molecule has 1 nitrogen and oxygen atoms in total. The van der Waals surface area contributed by atoms with Crippen molar-refractivity contribution in [2.75, 3.05) is 0 Å². The van der Waals surface area contributed by atoms with E-state index in [4.69, 9.17) is 5.26 Å². The van der Waals surface area contributed by atoms with Crippen LogP contribution in [-0.2, 0) is 0 Å². The highest BCUT2D eigenvalue weighted by molar-refractivity contribution is 14.1. The second-order valence-corrected chi connectivity index (χ2v) is 4.77. The highest BCUT2D eigenvalue weighted by Gasteiger charge is 2.04. The SMILES string of the molecule is Cc1c(I)cccc1-c1cccc(C#N)c1. The molecule has 0 fully saturated rings. The molecule has 0 N–H and O–H groups in total. The summed E-state index contributed by atoms with van der Waals surface area (Å²) in [5.41, 5.74) is 4.27. The first-order valence-corrected chi connectivity index (χ1v) is 6.06. The quantitative estimate of drug-likeness (QED) is 0.725. The lowest BCUT2D eigenvalue weighted by atomic mass is 9.99. The molecule has 0 aliphatic rings. The van der Waals surface area contributed by atoms with E-state index in [9.17, 15) is 0 Å². The summed E-state index contributed by atoms with van der Waals surface area (Å²) >= 11 is 2.33. The van der Waals surface area contributed by atoms with Gasteiger partial charge in [-0.3, -0.25) is 0 Å². The smallest absolute Gasteiger partial charge is 0.0991 e. The van der Waals surface area contributed by atoms with Gasteiger partial charge in [0.25, 0.3) is 0 Å². The van der Waals surface area contributed by atoms with E-state index in [1.807, 2.05) is 30.3 Å². The van der Waals surface area contributed by atoms with Crippen molar-refractivity contribution >= 4 is 22.6 Å². The third-order valence-corrected chi connectivity index (χ3v) is 3.74. The summed E-state index contributed by atoms with van der Waals surface area (Å²) in [5.74, 6) is 0. The minimum atomic E-state index is 0.704. The van der Waals surface area contributed by atoms with Crippen LogP contribution in [0.4, 0.5) is 0 Å². The van der Waals surface area contributed by atoms with Crippen LogP contribution in [-0.4, -0.2) is 0 Å². The molecule has 2 aromatic carbocycles. The summed E-state index contributed by atoms with van der Waals surface area (Å²) in [7, 11) is 0. The first-order chi connectivity index (χ1) is 7.72. The molecular formula is C14H10IN. The molecule has 0 amide bonds. The molecule has 2 aromatic rings. The third-order valence-electron chi connectivity index (χ3n) is 2.57. The van der Waals surface area contributed by atoms with Gasteiger partial charge in [0, 0.05) is 3.57 Å². The molecule has 0 unspecified atom stereocenters. The van der Waals surface area contributed by atoms with Crippen LogP contribution in [0, 0.1) is 21.8 Å². The van der Waals surface area contributed by atoms with E-state index in [0.29, 0.717) is 5.56 Å². The van der Waals surface area contributed by atoms with Crippen LogP contribution in [0.1, 0.15) is 11.1 Å². The Hall–Kier alpha value is -1.34. The van der Waals surface area contributed by atoms with Crippen molar-refractivity contribution in [2.24, 2.45) is 0 Å². The fourth-order valence-corrected chi connectivity index (χ4v) is 2.17. The Labute approximate surface area is 109 Å². The summed E-state index contributed by atoms with van der Waals surface area (Å²) in [6, 6.07) is 16.1. The molecule has 0 bridgehead atoms. The second kappa shape index (κ2) is 4.67. The first-order valence-electron chi connectivity index (χ1n) is 4.98. The fraction of sp³-hybridized carbons (Fsp3) is 0.0714. The number of nitrogens with zero attached hydrogens (tertiary/aromatic N) is 1. The zero-order chi connectivity index (χ0) is 11.5. The molecule has 16 heavy (non-hydrogen) atoms. The molecule has 0 aliphatic heterocycles. The summed E-state index contributed by atoms with van der Waals surface area (Å²) in [6.45, 7) is 2.11. The number of hydrogen-bond donors (Lipinski definition) is 0. The van der Waals surface area contributed by atoms with Gasteiger partial charge in [0.1, 0.15) is 0 Å². The molecular weight excluding hydrogens is 309 g/mol. The highest BCUT2D eigenvalue weighted by atomic mass is 127. The maximum atomic E-state index is 8.88. The maximum absolute atomic E-state index is 8.88. The van der Waals surface area contributed by atoms with Gasteiger partial charge in [-0.1, -0.05) is 24.3 Å². The van der Waals surface area contributed by atoms with Crippen LogP contribution in [0.2, 0.25) is 0 Å². The van der Waals surface area contributed by atoms with E-state index in [1.54, 1.807) is 0 Å². The van der Waals surface area contributed by atoms with Crippen LogP contribution in [0.5, 0.6) is 0 Å². The van der Waals surface area contributed by atoms with Crippen LogP contribution in [0.15, 0.2) is 42.5 Å². The van der Waals surface area contributed by atoms with Gasteiger partial charge >= 0.3 is 0 Å². The number of nitriles is 1. The van der Waals surface area contributed by atoms with Gasteiger partial charge in [-0.15, -0.1) is 0 Å². The Bertz CT molecular complexity index is 567. The van der Waals surface area contributed by atoms with Gasteiger partial charge in [0.2, 0.25) is 0 Å². The summed E-state index contributed by atoms with van der Waals surface area (Å²) in [4.78, 5) is 0. The third kappa shape index (κ3) is 2.10. The molecule has 0 saturated carbocycles. The van der Waals surface area contributed by atoms with Crippen molar-refractivity contribution in [3.05, 3.63) is 57.2 Å². The van der Waals surface area contributed by atoms with Gasteiger partial charge in [0.15, 0.2) is 0 Å². The molecule has 0 radical (unpaired) electrons. The van der Waals surface area contributed by atoms with Crippen molar-refractivity contribution < 1.29 is 0 Å². The van der Waals surface area contributed by atoms with Crippen LogP contribution in [0.25, 0.3) is 11.1 Å². The predicted octanol–water partition coefficient (Wildman–Crippen LogP) is 4.14. The van der Waals surface area contributed by atoms with E-state index in [0.717, 1.165) is 5.56 Å². The molecule has 0 aliphatic carbocycles. The monoisotopic (exact) mass is 319 g/mol. The average Bonchev–Trinajstić information content (AvgIpc) is 2.33. The lowest BCUT2D eigenvalue weighted by Crippen LogP contribution is -1.87. The Morgan fingerprint density at radius 3 is 2.62 bits per heavy atom. The molecule has 2 heteroatoms. The van der Waals surface area contributed by atoms with Crippen LogP contribution < -0.4 is 0 Å². The minimum absolute atomic E-state index is 0.704. The number of benzene rings is 2. The molecule has 0 spiro atoms. The van der Waals surface area contributed by atoms with Gasteiger partial charge < -0.3 is 0 Å². The molecule has 2 rings (SSSR count). The normalized spacial score (nSPS) is 9.81. The average molecular weight is 319 g/mol. The van der Waals surface area contributed by atoms with E-state index in [-0.39, 0.29) is 0 Å². The summed E-state index contributed by atoms with van der Waals surface area (Å²) in [6.07, 6.45) is 0. The lowest BCUT2D eigenvalue weighted by molar-refractivity contribution is 1.41. The molecule has 0 heterocycles. The molecule has 0 saturated heterocycles. The van der Waals surface area contributed by atoms with Crippen molar-refractivity contribution in [1.29, 1.82) is 5.26 Å². The topological polar surface area (TPSA) is 23.8 Å². The second-order valence-electron chi connectivity index (χ2n) is 3.61. The van der Waals surface area contributed by atoms with Gasteiger partial charge in [-0.2, -0.15) is 5.26 Å². The minimum Gasteiger partial charge on any atom is -0.192 e. The van der Waals surface area contributed by atoms with Crippen molar-refractivity contribution in [2.45, 2.75) is 6.92 Å². The largest absolute Gasteiger partial charge is 0.192 e. The van der Waals surface area contributed by atoms with Gasteiger partial charge in [0.05, 0.1) is 11.6 Å². The summed E-state index contributed by atoms with van der Waals surface area (Å²) < 4.78 is 1.25. The molecule has 0 atom stereocenters. The summed E-state index contributed by atoms with van der Waals surface area (Å²) in [5, 5.41) is 8.88. The van der Waals surface area contributed by atoms with Gasteiger partial charge in [-0.25, -0.2) is 0 Å². The van der Waals surface area contributed by atoms with Crippen LogP contribution >= 0.6 is 22.6 Å². The van der Waals surface area contributed by atoms with E-state index in [2.05, 4.69) is 47.7 Å². The maximum Gasteiger partial charge on any atom is 0.0991 e. The lowest BCUT2D eigenvalue weighted by Gasteiger charge is -2.07. The molecule has 0 aromatic heterocycles. The zero-order valence-electron chi connectivity index (χ0n) is 8.87. The standard InChI is InChI=1S/C14H10IN/c1-10-13(6-3-7-14(10)15)12-5-2-4-11(8-12)9-16/h2-8H,1H3. The number of rotatable bonds is 1. The molecule has 78 valence electrons. The van der Waals surface area contributed by atoms with E-state index >= 15 is 0 Å². The van der Waals surface area contributed by atoms with Crippen LogP contribution in [0.3, 0.4) is 0 Å². The zero-order valence-corrected chi connectivity index (χ0v) is 11.0. The Balaban J connectivity index is 2.59. The highest BCUT2D eigenvalue weighted by Crippen LogP contribution is 2.26. The fourth-order valence-electron chi connectivity index (χ4n) is 1.68. The van der Waals surface area contributed by atoms with Gasteiger partial charge in [-0.05, 0) is 64.4 Å².